The SMILES string of the molecule is COCO[C@H](C)[C@H]1C=CCC2=C1C(=O)c1ccccc1C2=O. The number of Topliss-reactive ketones (excluding diaryl/α,β-unsaturated/α-hetero) is 2. The molecule has 0 unspecified atom stereocenters. The third-order valence-corrected chi connectivity index (χ3v) is 4.21. The zero-order chi connectivity index (χ0) is 15.7. The summed E-state index contributed by atoms with van der Waals surface area (Å²) in [4.78, 5) is 25.5. The van der Waals surface area contributed by atoms with Crippen LogP contribution in [0.4, 0.5) is 0 Å². The van der Waals surface area contributed by atoms with Gasteiger partial charge in [-0.1, -0.05) is 36.4 Å². The molecule has 0 heterocycles. The third kappa shape index (κ3) is 2.34. The summed E-state index contributed by atoms with van der Waals surface area (Å²) >= 11 is 0. The number of carbonyl (C=O) groups is 2. The van der Waals surface area contributed by atoms with Crippen LogP contribution in [0.1, 0.15) is 34.1 Å². The van der Waals surface area contributed by atoms with E-state index in [-0.39, 0.29) is 30.4 Å². The van der Waals surface area contributed by atoms with Gasteiger partial charge in [0.25, 0.3) is 0 Å². The molecule has 0 saturated carbocycles. The molecule has 4 nitrogen and oxygen atoms in total. The Balaban J connectivity index is 2.01. The van der Waals surface area contributed by atoms with Crippen molar-refractivity contribution in [2.75, 3.05) is 13.9 Å². The van der Waals surface area contributed by atoms with Crippen molar-refractivity contribution in [1.29, 1.82) is 0 Å². The molecule has 0 aromatic heterocycles. The Morgan fingerprint density at radius 2 is 1.86 bits per heavy atom. The van der Waals surface area contributed by atoms with E-state index in [9.17, 15) is 9.59 Å². The Kier molecular flexibility index (Phi) is 4.05. The molecule has 0 amide bonds. The summed E-state index contributed by atoms with van der Waals surface area (Å²) < 4.78 is 10.5. The van der Waals surface area contributed by atoms with Crippen LogP contribution in [0.3, 0.4) is 0 Å². The lowest BCUT2D eigenvalue weighted by molar-refractivity contribution is -0.0738. The van der Waals surface area contributed by atoms with Crippen LogP contribution in [0.5, 0.6) is 0 Å². The van der Waals surface area contributed by atoms with Crippen LogP contribution in [0.15, 0.2) is 47.6 Å². The van der Waals surface area contributed by atoms with Gasteiger partial charge >= 0.3 is 0 Å². The molecule has 0 fully saturated rings. The van der Waals surface area contributed by atoms with Gasteiger partial charge in [0.15, 0.2) is 11.6 Å². The summed E-state index contributed by atoms with van der Waals surface area (Å²) in [6.07, 6.45) is 4.17. The molecule has 0 spiro atoms. The number of rotatable bonds is 4. The molecule has 2 atom stereocenters. The van der Waals surface area contributed by atoms with Crippen LogP contribution in [0.2, 0.25) is 0 Å². The number of benzene rings is 1. The van der Waals surface area contributed by atoms with Gasteiger partial charge in [0, 0.05) is 35.3 Å². The Bertz CT molecular complexity index is 684. The van der Waals surface area contributed by atoms with Crippen LogP contribution in [-0.4, -0.2) is 31.6 Å². The van der Waals surface area contributed by atoms with E-state index >= 15 is 0 Å². The van der Waals surface area contributed by atoms with Crippen molar-refractivity contribution < 1.29 is 19.1 Å². The summed E-state index contributed by atoms with van der Waals surface area (Å²) in [5.74, 6) is -0.324. The topological polar surface area (TPSA) is 52.6 Å². The summed E-state index contributed by atoms with van der Waals surface area (Å²) in [6.45, 7) is 2.05. The predicted molar refractivity (Wildman–Crippen MR) is 81.8 cm³/mol. The van der Waals surface area contributed by atoms with Gasteiger partial charge in [0.2, 0.25) is 0 Å². The minimum Gasteiger partial charge on any atom is -0.359 e. The molecule has 0 radical (unpaired) electrons. The van der Waals surface area contributed by atoms with Crippen molar-refractivity contribution in [3.05, 3.63) is 58.7 Å². The lowest BCUT2D eigenvalue weighted by Gasteiger charge is -2.31. The third-order valence-electron chi connectivity index (χ3n) is 4.21. The first kappa shape index (κ1) is 14.9. The molecular formula is C18H18O4. The standard InChI is InChI=1S/C18H18O4/c1-11(22-10-21-2)12-8-5-9-15-16(12)18(20)14-7-4-3-6-13(14)17(15)19/h3-8,11-12H,9-10H2,1-2H3/t11-,12-/m1/s1. The van der Waals surface area contributed by atoms with E-state index < -0.39 is 0 Å². The summed E-state index contributed by atoms with van der Waals surface area (Å²) in [5, 5.41) is 0. The lowest BCUT2D eigenvalue weighted by Crippen LogP contribution is -2.33. The fourth-order valence-electron chi connectivity index (χ4n) is 3.10. The number of methoxy groups -OCH3 is 1. The first-order chi connectivity index (χ1) is 10.6. The largest absolute Gasteiger partial charge is 0.359 e. The molecule has 2 aliphatic rings. The number of hydrogen-bond donors (Lipinski definition) is 0. The second-order valence-corrected chi connectivity index (χ2v) is 5.53. The number of fused-ring (bicyclic) bond motifs is 1. The molecule has 2 aliphatic carbocycles. The Morgan fingerprint density at radius 3 is 2.55 bits per heavy atom. The number of ether oxygens (including phenoxy) is 2. The van der Waals surface area contributed by atoms with Crippen LogP contribution in [0, 0.1) is 5.92 Å². The van der Waals surface area contributed by atoms with Gasteiger partial charge in [-0.25, -0.2) is 0 Å². The Morgan fingerprint density at radius 1 is 1.18 bits per heavy atom. The van der Waals surface area contributed by atoms with E-state index in [1.807, 2.05) is 19.1 Å². The lowest BCUT2D eigenvalue weighted by atomic mass is 9.74. The number of allylic oxidation sites excluding steroid dienone is 2. The smallest absolute Gasteiger partial charge is 0.190 e. The van der Waals surface area contributed by atoms with E-state index in [0.717, 1.165) is 0 Å². The average molecular weight is 298 g/mol. The van der Waals surface area contributed by atoms with Crippen molar-refractivity contribution >= 4 is 11.6 Å². The zero-order valence-corrected chi connectivity index (χ0v) is 12.7. The highest BCUT2D eigenvalue weighted by molar-refractivity contribution is 6.27. The molecule has 0 bridgehead atoms. The van der Waals surface area contributed by atoms with Crippen molar-refractivity contribution in [2.45, 2.75) is 19.4 Å². The van der Waals surface area contributed by atoms with Crippen molar-refractivity contribution in [1.82, 2.24) is 0 Å². The van der Waals surface area contributed by atoms with Gasteiger partial charge in [-0.3, -0.25) is 9.59 Å². The predicted octanol–water partition coefficient (Wildman–Crippen LogP) is 2.95. The van der Waals surface area contributed by atoms with Crippen LogP contribution in [0.25, 0.3) is 0 Å². The summed E-state index contributed by atoms with van der Waals surface area (Å²) in [6, 6.07) is 7.01. The summed E-state index contributed by atoms with van der Waals surface area (Å²) in [7, 11) is 1.56. The van der Waals surface area contributed by atoms with Crippen LogP contribution in [-0.2, 0) is 9.47 Å². The minimum atomic E-state index is -0.233. The minimum absolute atomic E-state index is 0.0431. The van der Waals surface area contributed by atoms with Gasteiger partial charge < -0.3 is 9.47 Å². The van der Waals surface area contributed by atoms with Crippen LogP contribution >= 0.6 is 0 Å². The second kappa shape index (κ2) is 5.99. The van der Waals surface area contributed by atoms with Crippen molar-refractivity contribution in [2.24, 2.45) is 5.92 Å². The van der Waals surface area contributed by atoms with Crippen LogP contribution < -0.4 is 0 Å². The quantitative estimate of drug-likeness (QED) is 0.633. The van der Waals surface area contributed by atoms with E-state index in [1.54, 1.807) is 31.4 Å². The van der Waals surface area contributed by atoms with Gasteiger partial charge in [-0.05, 0) is 13.3 Å². The molecular weight excluding hydrogens is 280 g/mol. The first-order valence-corrected chi connectivity index (χ1v) is 7.33. The van der Waals surface area contributed by atoms with Gasteiger partial charge in [-0.15, -0.1) is 0 Å². The maximum absolute atomic E-state index is 12.9. The average Bonchev–Trinajstić information content (AvgIpc) is 2.57. The van der Waals surface area contributed by atoms with Gasteiger partial charge in [-0.2, -0.15) is 0 Å². The highest BCUT2D eigenvalue weighted by atomic mass is 16.7. The van der Waals surface area contributed by atoms with Crippen molar-refractivity contribution in [3.8, 4) is 0 Å². The fraction of sp³-hybridized carbons (Fsp3) is 0.333. The number of hydrogen-bond acceptors (Lipinski definition) is 4. The molecule has 3 rings (SSSR count). The van der Waals surface area contributed by atoms with Gasteiger partial charge in [0.1, 0.15) is 6.79 Å². The molecule has 0 aliphatic heterocycles. The maximum Gasteiger partial charge on any atom is 0.190 e. The molecule has 0 N–H and O–H groups in total. The molecule has 0 saturated heterocycles. The normalized spacial score (nSPS) is 21.6. The fourth-order valence-corrected chi connectivity index (χ4v) is 3.10. The molecule has 22 heavy (non-hydrogen) atoms. The van der Waals surface area contributed by atoms with E-state index in [0.29, 0.717) is 28.7 Å². The van der Waals surface area contributed by atoms with Gasteiger partial charge in [0.05, 0.1) is 6.10 Å². The first-order valence-electron chi connectivity index (χ1n) is 7.33. The second-order valence-electron chi connectivity index (χ2n) is 5.53. The molecule has 1 aromatic carbocycles. The van der Waals surface area contributed by atoms with Crippen molar-refractivity contribution in [3.63, 3.8) is 0 Å². The Hall–Kier alpha value is -2.04. The summed E-state index contributed by atoms with van der Waals surface area (Å²) in [5.41, 5.74) is 2.18. The highest BCUT2D eigenvalue weighted by Gasteiger charge is 2.38. The molecule has 1 aromatic rings. The van der Waals surface area contributed by atoms with E-state index in [1.165, 1.54) is 0 Å². The van der Waals surface area contributed by atoms with E-state index in [4.69, 9.17) is 9.47 Å². The zero-order valence-electron chi connectivity index (χ0n) is 12.7. The maximum atomic E-state index is 12.9. The Labute approximate surface area is 129 Å². The number of ketones is 2. The molecule has 4 heteroatoms. The molecule has 114 valence electrons. The number of carbonyl (C=O) groups excluding carboxylic acids is 2. The van der Waals surface area contributed by atoms with E-state index in [2.05, 4.69) is 0 Å². The highest BCUT2D eigenvalue weighted by Crippen LogP contribution is 2.37. The monoisotopic (exact) mass is 298 g/mol.